The number of fused-ring (bicyclic) bond motifs is 3. The minimum absolute atomic E-state index is 0.214. The highest BCUT2D eigenvalue weighted by molar-refractivity contribution is 6.37. The normalized spacial score (nSPS) is 12.2. The molecule has 0 atom stereocenters. The van der Waals surface area contributed by atoms with Crippen LogP contribution in [0.25, 0.3) is 33.1 Å². The summed E-state index contributed by atoms with van der Waals surface area (Å²) in [5.41, 5.74) is 2.40. The summed E-state index contributed by atoms with van der Waals surface area (Å²) in [7, 11) is 0. The van der Waals surface area contributed by atoms with Gasteiger partial charge in [-0.05, 0) is 30.2 Å². The molecule has 0 aliphatic heterocycles. The summed E-state index contributed by atoms with van der Waals surface area (Å²) in [6.07, 6.45) is -4.38. The molecule has 0 radical (unpaired) electrons. The number of H-pyrrole nitrogens is 1. The summed E-state index contributed by atoms with van der Waals surface area (Å²) < 4.78 is 41.2. The molecule has 4 aromatic rings. The second kappa shape index (κ2) is 6.16. The summed E-state index contributed by atoms with van der Waals surface area (Å²) in [5.74, 6) is 0. The Morgan fingerprint density at radius 1 is 1.07 bits per heavy atom. The van der Waals surface area contributed by atoms with E-state index >= 15 is 0 Å². The van der Waals surface area contributed by atoms with Crippen LogP contribution in [0.4, 0.5) is 13.2 Å². The summed E-state index contributed by atoms with van der Waals surface area (Å²) >= 11 is 6.30. The lowest BCUT2D eigenvalue weighted by Gasteiger charge is -2.14. The summed E-state index contributed by atoms with van der Waals surface area (Å²) in [6, 6.07) is 13.4. The number of aryl methyl sites for hydroxylation is 1. The van der Waals surface area contributed by atoms with Gasteiger partial charge in [-0.25, -0.2) is 0 Å². The molecule has 0 aliphatic rings. The SMILES string of the molecule is Cc1c(-c2ccccc2)n(CC(F)(F)F)c2ccc3[nH]c(=O)cc(Cl)c3c12. The molecule has 1 N–H and O–H groups in total. The Hall–Kier alpha value is -2.73. The molecule has 0 unspecified atom stereocenters. The Bertz CT molecular complexity index is 1220. The molecule has 7 heteroatoms. The molecule has 138 valence electrons. The molecule has 0 bridgehead atoms. The fraction of sp³-hybridized carbons (Fsp3) is 0.150. The molecule has 2 heterocycles. The van der Waals surface area contributed by atoms with E-state index in [-0.39, 0.29) is 10.6 Å². The van der Waals surface area contributed by atoms with Crippen LogP contribution in [0.5, 0.6) is 0 Å². The van der Waals surface area contributed by atoms with Crippen LogP contribution in [0, 0.1) is 6.92 Å². The average molecular weight is 391 g/mol. The molecular weight excluding hydrogens is 377 g/mol. The van der Waals surface area contributed by atoms with Crippen LogP contribution in [0.2, 0.25) is 5.02 Å². The Morgan fingerprint density at radius 3 is 2.44 bits per heavy atom. The van der Waals surface area contributed by atoms with E-state index in [0.717, 1.165) is 0 Å². The van der Waals surface area contributed by atoms with E-state index in [1.165, 1.54) is 10.6 Å². The lowest BCUT2D eigenvalue weighted by molar-refractivity contribution is -0.139. The second-order valence-electron chi connectivity index (χ2n) is 6.40. The van der Waals surface area contributed by atoms with Gasteiger partial charge in [0.05, 0.1) is 16.2 Å². The van der Waals surface area contributed by atoms with Gasteiger partial charge in [0.15, 0.2) is 0 Å². The standard InChI is InChI=1S/C20H14ClF3N2O/c1-11-17-15(8-7-14-18(17)13(21)9-16(27)25-14)26(10-20(22,23)24)19(11)12-5-3-2-4-6-12/h2-9H,10H2,1H3,(H,25,27). The van der Waals surface area contributed by atoms with Gasteiger partial charge in [0.2, 0.25) is 5.56 Å². The summed E-state index contributed by atoms with van der Waals surface area (Å²) in [4.78, 5) is 14.4. The van der Waals surface area contributed by atoms with Crippen LogP contribution < -0.4 is 5.56 Å². The zero-order valence-corrected chi connectivity index (χ0v) is 14.9. The molecule has 0 saturated carbocycles. The summed E-state index contributed by atoms with van der Waals surface area (Å²) in [6.45, 7) is 0.659. The van der Waals surface area contributed by atoms with Crippen LogP contribution in [0.15, 0.2) is 53.3 Å². The van der Waals surface area contributed by atoms with Gasteiger partial charge in [-0.3, -0.25) is 4.79 Å². The number of hydrogen-bond acceptors (Lipinski definition) is 1. The second-order valence-corrected chi connectivity index (χ2v) is 6.81. The van der Waals surface area contributed by atoms with Crippen LogP contribution in [-0.4, -0.2) is 15.7 Å². The largest absolute Gasteiger partial charge is 0.406 e. The molecule has 0 spiro atoms. The number of nitrogens with zero attached hydrogens (tertiary/aromatic N) is 1. The first-order chi connectivity index (χ1) is 12.8. The smallest absolute Gasteiger partial charge is 0.331 e. The molecule has 2 aromatic carbocycles. The monoisotopic (exact) mass is 390 g/mol. The number of aromatic amines is 1. The predicted molar refractivity (Wildman–Crippen MR) is 101 cm³/mol. The van der Waals surface area contributed by atoms with Crippen molar-refractivity contribution in [1.29, 1.82) is 0 Å². The van der Waals surface area contributed by atoms with Crippen LogP contribution in [0.1, 0.15) is 5.56 Å². The maximum atomic E-state index is 13.3. The number of halogens is 4. The topological polar surface area (TPSA) is 37.8 Å². The Balaban J connectivity index is 2.18. The van der Waals surface area contributed by atoms with Gasteiger partial charge in [-0.1, -0.05) is 41.9 Å². The number of alkyl halides is 3. The zero-order valence-electron chi connectivity index (χ0n) is 14.2. The summed E-state index contributed by atoms with van der Waals surface area (Å²) in [5, 5.41) is 1.37. The number of rotatable bonds is 2. The van der Waals surface area contributed by atoms with Crippen LogP contribution in [-0.2, 0) is 6.54 Å². The van der Waals surface area contributed by atoms with Gasteiger partial charge in [0, 0.05) is 22.4 Å². The molecule has 0 amide bonds. The van der Waals surface area contributed by atoms with Crippen molar-refractivity contribution in [1.82, 2.24) is 9.55 Å². The minimum Gasteiger partial charge on any atom is -0.331 e. The van der Waals surface area contributed by atoms with Crippen molar-refractivity contribution in [3.8, 4) is 11.3 Å². The van der Waals surface area contributed by atoms with Gasteiger partial charge in [-0.2, -0.15) is 13.2 Å². The molecule has 0 saturated heterocycles. The minimum atomic E-state index is -4.38. The van der Waals surface area contributed by atoms with Crippen molar-refractivity contribution in [2.24, 2.45) is 0 Å². The van der Waals surface area contributed by atoms with E-state index in [0.29, 0.717) is 38.6 Å². The van der Waals surface area contributed by atoms with E-state index in [2.05, 4.69) is 4.98 Å². The van der Waals surface area contributed by atoms with Gasteiger partial charge in [-0.15, -0.1) is 0 Å². The highest BCUT2D eigenvalue weighted by atomic mass is 35.5. The fourth-order valence-corrected chi connectivity index (χ4v) is 3.95. The van der Waals surface area contributed by atoms with E-state index < -0.39 is 12.7 Å². The van der Waals surface area contributed by atoms with Crippen molar-refractivity contribution in [3.63, 3.8) is 0 Å². The lowest BCUT2D eigenvalue weighted by Crippen LogP contribution is -2.18. The number of aromatic nitrogens is 2. The maximum absolute atomic E-state index is 13.3. The Kier molecular flexibility index (Phi) is 4.03. The molecule has 2 aromatic heterocycles. The van der Waals surface area contributed by atoms with Gasteiger partial charge >= 0.3 is 6.18 Å². The van der Waals surface area contributed by atoms with Crippen molar-refractivity contribution in [2.45, 2.75) is 19.6 Å². The molecular formula is C20H14ClF3N2O. The third-order valence-corrected chi connectivity index (χ3v) is 4.91. The zero-order chi connectivity index (χ0) is 19.3. The molecule has 27 heavy (non-hydrogen) atoms. The highest BCUT2D eigenvalue weighted by Crippen LogP contribution is 2.40. The van der Waals surface area contributed by atoms with Crippen molar-refractivity contribution in [3.05, 3.63) is 69.5 Å². The lowest BCUT2D eigenvalue weighted by atomic mass is 10.0. The number of benzene rings is 2. The first-order valence-electron chi connectivity index (χ1n) is 8.23. The predicted octanol–water partition coefficient (Wildman–Crippen LogP) is 5.67. The van der Waals surface area contributed by atoms with Crippen molar-refractivity contribution >= 4 is 33.4 Å². The molecule has 0 aliphatic carbocycles. The first-order valence-corrected chi connectivity index (χ1v) is 8.60. The molecule has 4 rings (SSSR count). The third-order valence-electron chi connectivity index (χ3n) is 4.61. The van der Waals surface area contributed by atoms with E-state index in [1.54, 1.807) is 43.3 Å². The van der Waals surface area contributed by atoms with E-state index in [4.69, 9.17) is 11.6 Å². The van der Waals surface area contributed by atoms with E-state index in [1.807, 2.05) is 6.07 Å². The van der Waals surface area contributed by atoms with Crippen molar-refractivity contribution < 1.29 is 13.2 Å². The average Bonchev–Trinajstić information content (AvgIpc) is 2.85. The van der Waals surface area contributed by atoms with Crippen molar-refractivity contribution in [2.75, 3.05) is 0 Å². The van der Waals surface area contributed by atoms with E-state index in [9.17, 15) is 18.0 Å². The van der Waals surface area contributed by atoms with Crippen LogP contribution in [0.3, 0.4) is 0 Å². The fourth-order valence-electron chi connectivity index (χ4n) is 3.66. The highest BCUT2D eigenvalue weighted by Gasteiger charge is 2.31. The Morgan fingerprint density at radius 2 is 1.78 bits per heavy atom. The Labute approximate surface area is 157 Å². The van der Waals surface area contributed by atoms with Crippen LogP contribution >= 0.6 is 11.6 Å². The number of pyridine rings is 1. The van der Waals surface area contributed by atoms with Gasteiger partial charge < -0.3 is 9.55 Å². The number of hydrogen-bond donors (Lipinski definition) is 1. The van der Waals surface area contributed by atoms with Gasteiger partial charge in [0.25, 0.3) is 0 Å². The number of nitrogens with one attached hydrogen (secondary N) is 1. The third kappa shape index (κ3) is 3.00. The quantitative estimate of drug-likeness (QED) is 0.470. The molecule has 0 fully saturated rings. The van der Waals surface area contributed by atoms with Gasteiger partial charge in [0.1, 0.15) is 6.54 Å². The maximum Gasteiger partial charge on any atom is 0.406 e. The molecule has 3 nitrogen and oxygen atoms in total. The first kappa shape index (κ1) is 17.7.